The number of fused-ring (bicyclic) bond motifs is 1. The second-order valence-corrected chi connectivity index (χ2v) is 10.4. The summed E-state index contributed by atoms with van der Waals surface area (Å²) in [7, 11) is 0. The van der Waals surface area contributed by atoms with E-state index in [-0.39, 0.29) is 11.6 Å². The number of nitrogens with zero attached hydrogens (tertiary/aromatic N) is 5. The van der Waals surface area contributed by atoms with E-state index >= 15 is 0 Å². The fourth-order valence-electron chi connectivity index (χ4n) is 5.85. The van der Waals surface area contributed by atoms with Gasteiger partial charge in [0.25, 0.3) is 5.56 Å². The molecule has 6 rings (SSSR count). The van der Waals surface area contributed by atoms with Crippen molar-refractivity contribution < 1.29 is 4.42 Å². The van der Waals surface area contributed by atoms with Crippen molar-refractivity contribution in [2.75, 3.05) is 0 Å². The first-order valence-electron chi connectivity index (χ1n) is 13.3. The molecule has 0 spiro atoms. The number of furan rings is 1. The zero-order valence-corrected chi connectivity index (χ0v) is 21.8. The van der Waals surface area contributed by atoms with E-state index in [4.69, 9.17) is 4.42 Å². The van der Waals surface area contributed by atoms with E-state index in [9.17, 15) is 4.79 Å². The molecule has 0 aliphatic heterocycles. The minimum atomic E-state index is -0.482. The Morgan fingerprint density at radius 3 is 2.63 bits per heavy atom. The lowest BCUT2D eigenvalue weighted by atomic mass is 9.99. The molecule has 8 heteroatoms. The minimum Gasteiger partial charge on any atom is -0.468 e. The van der Waals surface area contributed by atoms with Gasteiger partial charge in [-0.2, -0.15) is 0 Å². The van der Waals surface area contributed by atoms with Crippen LogP contribution in [0.4, 0.5) is 0 Å². The van der Waals surface area contributed by atoms with Crippen LogP contribution in [0, 0.1) is 13.8 Å². The molecule has 0 bridgehead atoms. The van der Waals surface area contributed by atoms with Gasteiger partial charge < -0.3 is 9.40 Å². The fourth-order valence-corrected chi connectivity index (χ4v) is 5.85. The number of aromatic amines is 1. The molecule has 1 aliphatic carbocycles. The highest BCUT2D eigenvalue weighted by Gasteiger charge is 2.34. The molecule has 1 N–H and O–H groups in total. The predicted octanol–water partition coefficient (Wildman–Crippen LogP) is 5.63. The van der Waals surface area contributed by atoms with Gasteiger partial charge in [0.05, 0.1) is 24.4 Å². The molecule has 0 saturated heterocycles. The molecule has 1 aliphatic rings. The summed E-state index contributed by atoms with van der Waals surface area (Å²) in [6.07, 6.45) is 6.07. The highest BCUT2D eigenvalue weighted by atomic mass is 16.3. The second-order valence-electron chi connectivity index (χ2n) is 10.4. The number of hydrogen-bond donors (Lipinski definition) is 1. The first-order chi connectivity index (χ1) is 18.6. The summed E-state index contributed by atoms with van der Waals surface area (Å²) in [4.78, 5) is 19.2. The quantitative estimate of drug-likeness (QED) is 0.292. The van der Waals surface area contributed by atoms with Gasteiger partial charge in [-0.15, -0.1) is 5.10 Å². The highest BCUT2D eigenvalue weighted by Crippen LogP contribution is 2.35. The Morgan fingerprint density at radius 1 is 1.05 bits per heavy atom. The number of aryl methyl sites for hydroxylation is 2. The largest absolute Gasteiger partial charge is 0.468 e. The lowest BCUT2D eigenvalue weighted by Crippen LogP contribution is -2.35. The van der Waals surface area contributed by atoms with Crippen molar-refractivity contribution in [3.05, 3.63) is 111 Å². The highest BCUT2D eigenvalue weighted by molar-refractivity contribution is 5.83. The average Bonchev–Trinajstić information content (AvgIpc) is 3.69. The Morgan fingerprint density at radius 2 is 1.87 bits per heavy atom. The molecule has 3 heterocycles. The molecule has 1 fully saturated rings. The van der Waals surface area contributed by atoms with E-state index in [1.54, 1.807) is 6.26 Å². The minimum absolute atomic E-state index is 0.132. The first kappa shape index (κ1) is 24.3. The smallest absolute Gasteiger partial charge is 0.253 e. The number of aromatic nitrogens is 5. The predicted molar refractivity (Wildman–Crippen MR) is 146 cm³/mol. The Bertz CT molecular complexity index is 1580. The lowest BCUT2D eigenvalue weighted by Gasteiger charge is -2.31. The SMILES string of the molecule is Cc1cc(C)c2[nH]c(=O)c([C@@H](c3nnnn3C3CCCC3)N(Cc3ccccc3)Cc3ccco3)cc2c1. The summed E-state index contributed by atoms with van der Waals surface area (Å²) >= 11 is 0. The summed E-state index contributed by atoms with van der Waals surface area (Å²) in [6.45, 7) is 5.19. The Kier molecular flexibility index (Phi) is 6.64. The zero-order chi connectivity index (χ0) is 26.1. The van der Waals surface area contributed by atoms with Crippen LogP contribution in [0.2, 0.25) is 0 Å². The molecule has 0 unspecified atom stereocenters. The molecule has 3 aromatic heterocycles. The number of pyridine rings is 1. The van der Waals surface area contributed by atoms with Crippen LogP contribution >= 0.6 is 0 Å². The van der Waals surface area contributed by atoms with Crippen LogP contribution in [0.25, 0.3) is 10.9 Å². The van der Waals surface area contributed by atoms with Gasteiger partial charge in [-0.25, -0.2) is 4.68 Å². The standard InChI is InChI=1S/C30H32N6O2/c1-20-15-21(2)27-23(16-20)17-26(30(37)31-27)28(29-32-33-34-36(29)24-11-6-7-12-24)35(19-25-13-8-14-38-25)18-22-9-4-3-5-10-22/h3-5,8-10,13-17,24,28H,6-7,11-12,18-19H2,1-2H3,(H,31,37)/t28-/m0/s1. The second kappa shape index (κ2) is 10.4. The van der Waals surface area contributed by atoms with Crippen molar-refractivity contribution in [1.82, 2.24) is 30.1 Å². The van der Waals surface area contributed by atoms with Gasteiger partial charge in [0.1, 0.15) is 11.8 Å². The van der Waals surface area contributed by atoms with Gasteiger partial charge in [0, 0.05) is 12.1 Å². The van der Waals surface area contributed by atoms with E-state index in [0.717, 1.165) is 59.0 Å². The summed E-state index contributed by atoms with van der Waals surface area (Å²) in [5.74, 6) is 1.50. The fraction of sp³-hybridized carbons (Fsp3) is 0.333. The van der Waals surface area contributed by atoms with Crippen LogP contribution < -0.4 is 5.56 Å². The topological polar surface area (TPSA) is 92.8 Å². The van der Waals surface area contributed by atoms with Crippen LogP contribution in [-0.4, -0.2) is 30.1 Å². The van der Waals surface area contributed by atoms with Gasteiger partial charge in [-0.05, 0) is 77.9 Å². The molecule has 1 saturated carbocycles. The number of H-pyrrole nitrogens is 1. The van der Waals surface area contributed by atoms with Crippen molar-refractivity contribution in [1.29, 1.82) is 0 Å². The zero-order valence-electron chi connectivity index (χ0n) is 21.8. The van der Waals surface area contributed by atoms with Gasteiger partial charge >= 0.3 is 0 Å². The van der Waals surface area contributed by atoms with Crippen LogP contribution in [-0.2, 0) is 13.1 Å². The number of rotatable bonds is 8. The molecule has 1 atom stereocenters. The third kappa shape index (κ3) is 4.79. The monoisotopic (exact) mass is 508 g/mol. The van der Waals surface area contributed by atoms with Crippen molar-refractivity contribution >= 4 is 10.9 Å². The van der Waals surface area contributed by atoms with Gasteiger partial charge in [-0.1, -0.05) is 54.8 Å². The maximum atomic E-state index is 13.8. The number of hydrogen-bond acceptors (Lipinski definition) is 6. The van der Waals surface area contributed by atoms with E-state index in [1.807, 2.05) is 48.0 Å². The molecule has 5 aromatic rings. The van der Waals surface area contributed by atoms with Crippen LogP contribution in [0.3, 0.4) is 0 Å². The van der Waals surface area contributed by atoms with Crippen LogP contribution in [0.15, 0.2) is 76.1 Å². The molecule has 194 valence electrons. The Labute approximate surface area is 221 Å². The maximum Gasteiger partial charge on any atom is 0.253 e. The van der Waals surface area contributed by atoms with E-state index in [0.29, 0.717) is 24.5 Å². The number of nitrogens with one attached hydrogen (secondary N) is 1. The summed E-state index contributed by atoms with van der Waals surface area (Å²) in [6, 6.07) is 20.1. The third-order valence-electron chi connectivity index (χ3n) is 7.58. The van der Waals surface area contributed by atoms with Crippen LogP contribution in [0.5, 0.6) is 0 Å². The average molecular weight is 509 g/mol. The van der Waals surface area contributed by atoms with Gasteiger partial charge in [-0.3, -0.25) is 9.69 Å². The van der Waals surface area contributed by atoms with Gasteiger partial charge in [0.15, 0.2) is 5.82 Å². The lowest BCUT2D eigenvalue weighted by molar-refractivity contribution is 0.176. The Balaban J connectivity index is 1.55. The molecule has 2 aromatic carbocycles. The number of benzene rings is 2. The maximum absolute atomic E-state index is 13.8. The molecular formula is C30H32N6O2. The number of tetrazole rings is 1. The Hall–Kier alpha value is -4.04. The summed E-state index contributed by atoms with van der Waals surface area (Å²) < 4.78 is 7.74. The van der Waals surface area contributed by atoms with Crippen LogP contribution in [0.1, 0.15) is 71.6 Å². The van der Waals surface area contributed by atoms with E-state index in [2.05, 4.69) is 56.6 Å². The van der Waals surface area contributed by atoms with Crippen molar-refractivity contribution in [2.45, 2.75) is 64.7 Å². The van der Waals surface area contributed by atoms with E-state index < -0.39 is 6.04 Å². The van der Waals surface area contributed by atoms with Crippen molar-refractivity contribution in [2.24, 2.45) is 0 Å². The summed E-state index contributed by atoms with van der Waals surface area (Å²) in [5, 5.41) is 14.1. The molecule has 0 radical (unpaired) electrons. The molecule has 0 amide bonds. The van der Waals surface area contributed by atoms with Crippen molar-refractivity contribution in [3.8, 4) is 0 Å². The normalized spacial score (nSPS) is 15.0. The molecule has 8 nitrogen and oxygen atoms in total. The first-order valence-corrected chi connectivity index (χ1v) is 13.3. The van der Waals surface area contributed by atoms with E-state index in [1.165, 1.54) is 0 Å². The van der Waals surface area contributed by atoms with Crippen molar-refractivity contribution in [3.63, 3.8) is 0 Å². The third-order valence-corrected chi connectivity index (χ3v) is 7.58. The molecular weight excluding hydrogens is 476 g/mol. The molecule has 38 heavy (non-hydrogen) atoms. The van der Waals surface area contributed by atoms with Gasteiger partial charge in [0.2, 0.25) is 0 Å². The summed E-state index contributed by atoms with van der Waals surface area (Å²) in [5.41, 5.74) is 4.68.